The highest BCUT2D eigenvalue weighted by Gasteiger charge is 2.36. The van der Waals surface area contributed by atoms with Crippen LogP contribution in [0.25, 0.3) is 0 Å². The van der Waals surface area contributed by atoms with Gasteiger partial charge in [-0.25, -0.2) is 4.90 Å². The number of fused-ring (bicyclic) bond motifs is 1. The minimum absolute atomic E-state index is 0.321. The third-order valence-electron chi connectivity index (χ3n) is 4.54. The number of benzene rings is 3. The first-order valence-corrected chi connectivity index (χ1v) is 8.62. The van der Waals surface area contributed by atoms with Crippen molar-refractivity contribution in [2.24, 2.45) is 0 Å². The molecule has 4 rings (SSSR count). The summed E-state index contributed by atoms with van der Waals surface area (Å²) in [4.78, 5) is 38.7. The molecule has 0 aromatic heterocycles. The molecule has 0 fully saturated rings. The molecular weight excluding hydrogens is 356 g/mol. The minimum atomic E-state index is -0.369. The summed E-state index contributed by atoms with van der Waals surface area (Å²) in [6.07, 6.45) is 0. The van der Waals surface area contributed by atoms with Gasteiger partial charge in [-0.05, 0) is 48.5 Å². The number of imide groups is 1. The van der Waals surface area contributed by atoms with Gasteiger partial charge in [-0.3, -0.25) is 14.4 Å². The van der Waals surface area contributed by atoms with Crippen LogP contribution in [0.3, 0.4) is 0 Å². The Labute approximate surface area is 161 Å². The number of hydrogen-bond donors (Lipinski definition) is 1. The maximum Gasteiger partial charge on any atom is 0.266 e. The SMILES string of the molecule is COc1ccccc1NC(=O)c1ccc(N2C(=O)c3ccccc3C2=O)cc1. The van der Waals surface area contributed by atoms with Gasteiger partial charge in [0.25, 0.3) is 17.7 Å². The third-order valence-corrected chi connectivity index (χ3v) is 4.54. The van der Waals surface area contributed by atoms with Gasteiger partial charge >= 0.3 is 0 Å². The van der Waals surface area contributed by atoms with Crippen LogP contribution < -0.4 is 15.0 Å². The fourth-order valence-corrected chi connectivity index (χ4v) is 3.13. The van der Waals surface area contributed by atoms with E-state index in [9.17, 15) is 14.4 Å². The van der Waals surface area contributed by atoms with E-state index in [0.717, 1.165) is 4.90 Å². The van der Waals surface area contributed by atoms with Gasteiger partial charge < -0.3 is 10.1 Å². The minimum Gasteiger partial charge on any atom is -0.495 e. The Morgan fingerprint density at radius 2 is 1.39 bits per heavy atom. The fourth-order valence-electron chi connectivity index (χ4n) is 3.13. The van der Waals surface area contributed by atoms with E-state index in [1.807, 2.05) is 6.07 Å². The summed E-state index contributed by atoms with van der Waals surface area (Å²) >= 11 is 0. The molecule has 0 spiro atoms. The van der Waals surface area contributed by atoms with E-state index >= 15 is 0 Å². The summed E-state index contributed by atoms with van der Waals surface area (Å²) in [5.74, 6) is -0.504. The number of nitrogens with one attached hydrogen (secondary N) is 1. The number of anilines is 2. The Balaban J connectivity index is 1.56. The van der Waals surface area contributed by atoms with Crippen molar-refractivity contribution in [2.75, 3.05) is 17.3 Å². The molecule has 6 heteroatoms. The van der Waals surface area contributed by atoms with Crippen LogP contribution in [0.2, 0.25) is 0 Å². The molecule has 0 saturated carbocycles. The Morgan fingerprint density at radius 1 is 0.821 bits per heavy atom. The van der Waals surface area contributed by atoms with E-state index < -0.39 is 0 Å². The lowest BCUT2D eigenvalue weighted by molar-refractivity contribution is 0.0925. The molecule has 3 aromatic carbocycles. The lowest BCUT2D eigenvalue weighted by Crippen LogP contribution is -2.29. The second kappa shape index (κ2) is 7.00. The van der Waals surface area contributed by atoms with Crippen molar-refractivity contribution >= 4 is 29.1 Å². The van der Waals surface area contributed by atoms with Gasteiger partial charge in [0.2, 0.25) is 0 Å². The molecule has 3 aromatic rings. The van der Waals surface area contributed by atoms with E-state index in [0.29, 0.717) is 33.8 Å². The van der Waals surface area contributed by atoms with Crippen LogP contribution in [0.4, 0.5) is 11.4 Å². The van der Waals surface area contributed by atoms with Crippen molar-refractivity contribution in [2.45, 2.75) is 0 Å². The molecule has 0 radical (unpaired) electrons. The Kier molecular flexibility index (Phi) is 4.37. The van der Waals surface area contributed by atoms with E-state index in [1.54, 1.807) is 66.7 Å². The predicted octanol–water partition coefficient (Wildman–Crippen LogP) is 3.75. The van der Waals surface area contributed by atoms with Gasteiger partial charge in [0.05, 0.1) is 29.6 Å². The quantitative estimate of drug-likeness (QED) is 0.708. The second-order valence-electron chi connectivity index (χ2n) is 6.19. The Morgan fingerprint density at radius 3 is 2.00 bits per heavy atom. The normalized spacial score (nSPS) is 12.7. The molecule has 1 aliphatic rings. The number of para-hydroxylation sites is 2. The number of rotatable bonds is 4. The van der Waals surface area contributed by atoms with Crippen molar-refractivity contribution in [3.63, 3.8) is 0 Å². The number of methoxy groups -OCH3 is 1. The summed E-state index contributed by atoms with van der Waals surface area (Å²) in [5.41, 5.74) is 2.13. The van der Waals surface area contributed by atoms with E-state index in [-0.39, 0.29) is 17.7 Å². The molecule has 0 bridgehead atoms. The highest BCUT2D eigenvalue weighted by Crippen LogP contribution is 2.29. The van der Waals surface area contributed by atoms with Crippen LogP contribution in [0, 0.1) is 0 Å². The Hall–Kier alpha value is -3.93. The van der Waals surface area contributed by atoms with Gasteiger partial charge in [-0.2, -0.15) is 0 Å². The molecule has 0 saturated heterocycles. The van der Waals surface area contributed by atoms with E-state index in [2.05, 4.69) is 5.32 Å². The molecule has 138 valence electrons. The largest absolute Gasteiger partial charge is 0.495 e. The lowest BCUT2D eigenvalue weighted by atomic mass is 10.1. The first kappa shape index (κ1) is 17.5. The maximum absolute atomic E-state index is 12.6. The van der Waals surface area contributed by atoms with Gasteiger partial charge in [-0.1, -0.05) is 24.3 Å². The highest BCUT2D eigenvalue weighted by molar-refractivity contribution is 6.34. The predicted molar refractivity (Wildman–Crippen MR) is 105 cm³/mol. The van der Waals surface area contributed by atoms with Crippen LogP contribution in [0.5, 0.6) is 5.75 Å². The maximum atomic E-state index is 12.6. The number of ether oxygens (including phenoxy) is 1. The summed E-state index contributed by atoms with van der Waals surface area (Å²) < 4.78 is 5.23. The van der Waals surface area contributed by atoms with E-state index in [1.165, 1.54) is 7.11 Å². The van der Waals surface area contributed by atoms with Crippen molar-refractivity contribution in [1.82, 2.24) is 0 Å². The van der Waals surface area contributed by atoms with Gasteiger partial charge in [0, 0.05) is 5.56 Å². The van der Waals surface area contributed by atoms with Crippen molar-refractivity contribution in [3.05, 3.63) is 89.5 Å². The molecule has 0 aliphatic carbocycles. The molecule has 1 heterocycles. The van der Waals surface area contributed by atoms with Crippen LogP contribution in [-0.2, 0) is 0 Å². The zero-order valence-electron chi connectivity index (χ0n) is 15.0. The topological polar surface area (TPSA) is 75.7 Å². The van der Waals surface area contributed by atoms with Gasteiger partial charge in [0.1, 0.15) is 5.75 Å². The standard InChI is InChI=1S/C22H16N2O4/c1-28-19-9-5-4-8-18(19)23-20(25)14-10-12-15(13-11-14)24-21(26)16-6-2-3-7-17(16)22(24)27/h2-13H,1H3,(H,23,25). The number of carbonyl (C=O) groups is 3. The van der Waals surface area contributed by atoms with Gasteiger partial charge in [0.15, 0.2) is 0 Å². The summed E-state index contributed by atoms with van der Waals surface area (Å²) in [7, 11) is 1.53. The molecule has 1 aliphatic heterocycles. The number of carbonyl (C=O) groups excluding carboxylic acids is 3. The molecule has 3 amide bonds. The number of amides is 3. The van der Waals surface area contributed by atoms with Crippen LogP contribution in [0.15, 0.2) is 72.8 Å². The number of hydrogen-bond acceptors (Lipinski definition) is 4. The van der Waals surface area contributed by atoms with Crippen molar-refractivity contribution in [1.29, 1.82) is 0 Å². The zero-order chi connectivity index (χ0) is 19.7. The molecule has 0 atom stereocenters. The summed E-state index contributed by atoms with van der Waals surface area (Å²) in [6, 6.07) is 20.1. The number of nitrogens with zero attached hydrogens (tertiary/aromatic N) is 1. The first-order valence-electron chi connectivity index (χ1n) is 8.62. The fraction of sp³-hybridized carbons (Fsp3) is 0.0455. The summed E-state index contributed by atoms with van der Waals surface area (Å²) in [6.45, 7) is 0. The smallest absolute Gasteiger partial charge is 0.266 e. The van der Waals surface area contributed by atoms with Crippen molar-refractivity contribution in [3.8, 4) is 5.75 Å². The monoisotopic (exact) mass is 372 g/mol. The lowest BCUT2D eigenvalue weighted by Gasteiger charge is -2.14. The average Bonchev–Trinajstić information content (AvgIpc) is 2.99. The third kappa shape index (κ3) is 2.91. The average molecular weight is 372 g/mol. The molecule has 28 heavy (non-hydrogen) atoms. The van der Waals surface area contributed by atoms with Crippen LogP contribution >= 0.6 is 0 Å². The van der Waals surface area contributed by atoms with Crippen LogP contribution in [0.1, 0.15) is 31.1 Å². The second-order valence-corrected chi connectivity index (χ2v) is 6.19. The van der Waals surface area contributed by atoms with Crippen molar-refractivity contribution < 1.29 is 19.1 Å². The van der Waals surface area contributed by atoms with Gasteiger partial charge in [-0.15, -0.1) is 0 Å². The Bertz CT molecular complexity index is 1050. The molecular formula is C22H16N2O4. The molecule has 1 N–H and O–H groups in total. The molecule has 0 unspecified atom stereocenters. The van der Waals surface area contributed by atoms with E-state index in [4.69, 9.17) is 4.74 Å². The highest BCUT2D eigenvalue weighted by atomic mass is 16.5. The summed E-state index contributed by atoms with van der Waals surface area (Å²) in [5, 5.41) is 2.79. The zero-order valence-corrected chi connectivity index (χ0v) is 15.0. The first-order chi connectivity index (χ1) is 13.6. The molecule has 6 nitrogen and oxygen atoms in total. The van der Waals surface area contributed by atoms with Crippen LogP contribution in [-0.4, -0.2) is 24.8 Å².